The topological polar surface area (TPSA) is 78.3 Å². The number of halogens is 1. The summed E-state index contributed by atoms with van der Waals surface area (Å²) >= 11 is 3.58. The van der Waals surface area contributed by atoms with Crippen LogP contribution in [0.4, 0.5) is 5.69 Å². The summed E-state index contributed by atoms with van der Waals surface area (Å²) in [4.78, 5) is 12.3. The van der Waals surface area contributed by atoms with Gasteiger partial charge < -0.3 is 19.4 Å². The smallest absolute Gasteiger partial charge is 0.234 e. The van der Waals surface area contributed by atoms with E-state index in [2.05, 4.69) is 38.1 Å². The van der Waals surface area contributed by atoms with Gasteiger partial charge in [0.15, 0.2) is 11.0 Å². The molecule has 0 saturated carbocycles. The summed E-state index contributed by atoms with van der Waals surface area (Å²) in [6, 6.07) is 13.2. The first kappa shape index (κ1) is 21.4. The number of nitrogens with zero attached hydrogens (tertiary/aromatic N) is 3. The highest BCUT2D eigenvalue weighted by Crippen LogP contribution is 2.21. The molecule has 0 aliphatic rings. The number of methoxy groups -OCH3 is 1. The van der Waals surface area contributed by atoms with Crippen molar-refractivity contribution in [2.24, 2.45) is 7.05 Å². The van der Waals surface area contributed by atoms with E-state index in [-0.39, 0.29) is 18.3 Å². The Labute approximate surface area is 187 Å². The number of rotatable bonds is 8. The van der Waals surface area contributed by atoms with Gasteiger partial charge in [0.2, 0.25) is 5.91 Å². The summed E-state index contributed by atoms with van der Waals surface area (Å²) in [6.45, 7) is 2.26. The molecule has 152 valence electrons. The van der Waals surface area contributed by atoms with Crippen molar-refractivity contribution >= 4 is 45.9 Å². The van der Waals surface area contributed by atoms with E-state index in [0.29, 0.717) is 11.0 Å². The van der Waals surface area contributed by atoms with Crippen molar-refractivity contribution in [1.29, 1.82) is 0 Å². The van der Waals surface area contributed by atoms with Gasteiger partial charge in [-0.15, -0.1) is 10.2 Å². The fourth-order valence-corrected chi connectivity index (χ4v) is 3.88. The van der Waals surface area contributed by atoms with Crippen molar-refractivity contribution in [3.8, 4) is 11.5 Å². The van der Waals surface area contributed by atoms with Crippen LogP contribution in [0.1, 0.15) is 11.4 Å². The average Bonchev–Trinajstić information content (AvgIpc) is 3.07. The molecule has 0 bridgehead atoms. The van der Waals surface area contributed by atoms with Gasteiger partial charge in [0.1, 0.15) is 18.1 Å². The number of carbonyl (C=O) groups excluding carboxylic acids is 1. The highest BCUT2D eigenvalue weighted by atomic mass is 127. The minimum Gasteiger partial charge on any atom is -0.497 e. The van der Waals surface area contributed by atoms with E-state index < -0.39 is 0 Å². The second-order valence-electron chi connectivity index (χ2n) is 6.22. The van der Waals surface area contributed by atoms with Crippen LogP contribution in [0, 0.1) is 10.5 Å². The Morgan fingerprint density at radius 1 is 1.17 bits per heavy atom. The SMILES string of the molecule is COc1ccc(OCc2nnc(SCC(=O)Nc3ccc(I)cc3C)n2C)cc1. The first-order valence-corrected chi connectivity index (χ1v) is 10.9. The quantitative estimate of drug-likeness (QED) is 0.354. The number of anilines is 1. The Morgan fingerprint density at radius 2 is 1.90 bits per heavy atom. The summed E-state index contributed by atoms with van der Waals surface area (Å²) in [7, 11) is 3.48. The van der Waals surface area contributed by atoms with E-state index >= 15 is 0 Å². The highest BCUT2D eigenvalue weighted by Gasteiger charge is 2.13. The van der Waals surface area contributed by atoms with E-state index in [4.69, 9.17) is 9.47 Å². The van der Waals surface area contributed by atoms with Gasteiger partial charge in [-0.2, -0.15) is 0 Å². The molecule has 29 heavy (non-hydrogen) atoms. The van der Waals surface area contributed by atoms with Gasteiger partial charge in [-0.3, -0.25) is 4.79 Å². The maximum Gasteiger partial charge on any atom is 0.234 e. The van der Waals surface area contributed by atoms with E-state index in [1.807, 2.05) is 61.0 Å². The normalized spacial score (nSPS) is 10.6. The van der Waals surface area contributed by atoms with Crippen LogP contribution in [-0.4, -0.2) is 33.5 Å². The zero-order chi connectivity index (χ0) is 20.8. The molecule has 1 aromatic heterocycles. The number of nitrogens with one attached hydrogen (secondary N) is 1. The summed E-state index contributed by atoms with van der Waals surface area (Å²) in [6.07, 6.45) is 0. The molecule has 0 unspecified atom stereocenters. The Kier molecular flexibility index (Phi) is 7.37. The van der Waals surface area contributed by atoms with Crippen LogP contribution in [0.5, 0.6) is 11.5 Å². The molecular weight excluding hydrogens is 503 g/mol. The largest absolute Gasteiger partial charge is 0.497 e. The summed E-state index contributed by atoms with van der Waals surface area (Å²) in [5.41, 5.74) is 1.86. The maximum atomic E-state index is 12.3. The van der Waals surface area contributed by atoms with Gasteiger partial charge in [-0.05, 0) is 77.5 Å². The number of thioether (sulfide) groups is 1. The van der Waals surface area contributed by atoms with Crippen molar-refractivity contribution in [3.05, 3.63) is 57.4 Å². The fourth-order valence-electron chi connectivity index (χ4n) is 2.50. The molecule has 1 amide bonds. The van der Waals surface area contributed by atoms with E-state index in [1.165, 1.54) is 11.8 Å². The maximum absolute atomic E-state index is 12.3. The van der Waals surface area contributed by atoms with Gasteiger partial charge in [0.25, 0.3) is 0 Å². The predicted molar refractivity (Wildman–Crippen MR) is 122 cm³/mol. The van der Waals surface area contributed by atoms with Crippen LogP contribution >= 0.6 is 34.4 Å². The molecule has 1 N–H and O–H groups in total. The van der Waals surface area contributed by atoms with Gasteiger partial charge in [-0.25, -0.2) is 0 Å². The molecule has 9 heteroatoms. The average molecular weight is 524 g/mol. The number of aromatic nitrogens is 3. The van der Waals surface area contributed by atoms with Crippen molar-refractivity contribution in [2.45, 2.75) is 18.7 Å². The fraction of sp³-hybridized carbons (Fsp3) is 0.250. The molecule has 0 aliphatic heterocycles. The van der Waals surface area contributed by atoms with Gasteiger partial charge >= 0.3 is 0 Å². The molecule has 0 aliphatic carbocycles. The van der Waals surface area contributed by atoms with E-state index in [1.54, 1.807) is 7.11 Å². The molecule has 2 aromatic carbocycles. The number of carbonyl (C=O) groups is 1. The number of hydrogen-bond donors (Lipinski definition) is 1. The zero-order valence-corrected chi connectivity index (χ0v) is 19.3. The third kappa shape index (κ3) is 5.86. The molecule has 0 spiro atoms. The number of hydrogen-bond acceptors (Lipinski definition) is 6. The third-order valence-corrected chi connectivity index (χ3v) is 5.84. The van der Waals surface area contributed by atoms with Crippen molar-refractivity contribution < 1.29 is 14.3 Å². The molecule has 3 rings (SSSR count). The Balaban J connectivity index is 1.52. The number of amides is 1. The lowest BCUT2D eigenvalue weighted by atomic mass is 10.2. The lowest BCUT2D eigenvalue weighted by Gasteiger charge is -2.09. The summed E-state index contributed by atoms with van der Waals surface area (Å²) < 4.78 is 13.8. The van der Waals surface area contributed by atoms with Crippen molar-refractivity contribution in [1.82, 2.24) is 14.8 Å². The molecule has 0 saturated heterocycles. The Bertz CT molecular complexity index is 992. The van der Waals surface area contributed by atoms with Crippen molar-refractivity contribution in [2.75, 3.05) is 18.2 Å². The molecule has 0 atom stereocenters. The molecule has 0 radical (unpaired) electrons. The van der Waals surface area contributed by atoms with Gasteiger partial charge in [0, 0.05) is 16.3 Å². The van der Waals surface area contributed by atoms with E-state index in [9.17, 15) is 4.79 Å². The third-order valence-electron chi connectivity index (χ3n) is 4.15. The van der Waals surface area contributed by atoms with Crippen LogP contribution in [-0.2, 0) is 18.4 Å². The molecule has 7 nitrogen and oxygen atoms in total. The predicted octanol–water partition coefficient (Wildman–Crippen LogP) is 4.05. The minimum atomic E-state index is -0.0849. The first-order valence-electron chi connectivity index (χ1n) is 8.80. The van der Waals surface area contributed by atoms with E-state index in [0.717, 1.165) is 26.3 Å². The summed E-state index contributed by atoms with van der Waals surface area (Å²) in [5, 5.41) is 11.9. The van der Waals surface area contributed by atoms with Crippen molar-refractivity contribution in [3.63, 3.8) is 0 Å². The number of benzene rings is 2. The van der Waals surface area contributed by atoms with Crippen LogP contribution in [0.3, 0.4) is 0 Å². The Morgan fingerprint density at radius 3 is 2.59 bits per heavy atom. The van der Waals surface area contributed by atoms with Gasteiger partial charge in [0.05, 0.1) is 12.9 Å². The number of ether oxygens (including phenoxy) is 2. The number of aryl methyl sites for hydroxylation is 1. The summed E-state index contributed by atoms with van der Waals surface area (Å²) in [5.74, 6) is 2.33. The van der Waals surface area contributed by atoms with Crippen LogP contribution in [0.25, 0.3) is 0 Å². The monoisotopic (exact) mass is 524 g/mol. The van der Waals surface area contributed by atoms with Crippen LogP contribution in [0.15, 0.2) is 47.6 Å². The molecule has 3 aromatic rings. The first-order chi connectivity index (χ1) is 14.0. The molecule has 1 heterocycles. The minimum absolute atomic E-state index is 0.0849. The van der Waals surface area contributed by atoms with Crippen LogP contribution in [0.2, 0.25) is 0 Å². The second-order valence-corrected chi connectivity index (χ2v) is 8.41. The Hall–Kier alpha value is -2.27. The lowest BCUT2D eigenvalue weighted by Crippen LogP contribution is -2.15. The second kappa shape index (κ2) is 9.97. The molecule has 0 fully saturated rings. The molecular formula is C20H21IN4O3S. The highest BCUT2D eigenvalue weighted by molar-refractivity contribution is 14.1. The van der Waals surface area contributed by atoms with Crippen LogP contribution < -0.4 is 14.8 Å². The zero-order valence-electron chi connectivity index (χ0n) is 16.3. The van der Waals surface area contributed by atoms with Gasteiger partial charge in [-0.1, -0.05) is 11.8 Å². The standard InChI is InChI=1S/C20H21IN4O3S/c1-13-10-14(21)4-9-17(13)22-19(26)12-29-20-24-23-18(25(20)2)11-28-16-7-5-15(27-3)6-8-16/h4-10H,11-12H2,1-3H3,(H,22,26). The lowest BCUT2D eigenvalue weighted by molar-refractivity contribution is -0.113.